The molecule has 1 aliphatic rings. The number of benzene rings is 1. The highest BCUT2D eigenvalue weighted by atomic mass is 16.5. The standard InChI is InChI=1S/C17H24N2O3/c1-13(14-6-4-3-5-7-14)18-16(20)12-19-10-8-15(9-11-19)17(21)22-2/h3-7,13,15H,8-12H2,1-2H3,(H,18,20)/p+1/t13-/m0/s1. The van der Waals surface area contributed by atoms with Gasteiger partial charge in [0.2, 0.25) is 0 Å². The van der Waals surface area contributed by atoms with Crippen LogP contribution < -0.4 is 10.2 Å². The van der Waals surface area contributed by atoms with Crippen LogP contribution in [0, 0.1) is 5.92 Å². The first-order valence-corrected chi connectivity index (χ1v) is 7.86. The molecule has 0 bridgehead atoms. The molecule has 1 heterocycles. The molecule has 0 aromatic heterocycles. The summed E-state index contributed by atoms with van der Waals surface area (Å²) in [5.41, 5.74) is 1.11. The fourth-order valence-corrected chi connectivity index (χ4v) is 2.95. The summed E-state index contributed by atoms with van der Waals surface area (Å²) in [5, 5.41) is 3.04. The topological polar surface area (TPSA) is 59.8 Å². The fraction of sp³-hybridized carbons (Fsp3) is 0.529. The first kappa shape index (κ1) is 16.5. The van der Waals surface area contributed by atoms with Gasteiger partial charge >= 0.3 is 5.97 Å². The molecule has 0 aliphatic carbocycles. The minimum atomic E-state index is -0.124. The van der Waals surface area contributed by atoms with Gasteiger partial charge in [0.25, 0.3) is 5.91 Å². The molecule has 1 fully saturated rings. The summed E-state index contributed by atoms with van der Waals surface area (Å²) in [7, 11) is 1.43. The van der Waals surface area contributed by atoms with Gasteiger partial charge in [-0.05, 0) is 12.5 Å². The molecule has 1 aliphatic heterocycles. The van der Waals surface area contributed by atoms with Crippen LogP contribution in [0.5, 0.6) is 0 Å². The number of piperidine rings is 1. The highest BCUT2D eigenvalue weighted by Crippen LogP contribution is 2.12. The Morgan fingerprint density at radius 1 is 1.27 bits per heavy atom. The zero-order valence-electron chi connectivity index (χ0n) is 13.3. The molecule has 1 aromatic carbocycles. The third-order valence-electron chi connectivity index (χ3n) is 4.31. The monoisotopic (exact) mass is 305 g/mol. The SMILES string of the molecule is COC(=O)C1CC[NH+](CC(=O)N[C@@H](C)c2ccccc2)CC1. The Morgan fingerprint density at radius 3 is 2.50 bits per heavy atom. The van der Waals surface area contributed by atoms with Crippen molar-refractivity contribution in [1.82, 2.24) is 5.32 Å². The van der Waals surface area contributed by atoms with Crippen molar-refractivity contribution in [3.63, 3.8) is 0 Å². The summed E-state index contributed by atoms with van der Waals surface area (Å²) in [5.74, 6) is -0.0656. The number of methoxy groups -OCH3 is 1. The Bertz CT molecular complexity index is 496. The van der Waals surface area contributed by atoms with Crippen LogP contribution in [0.4, 0.5) is 0 Å². The minimum Gasteiger partial charge on any atom is -0.469 e. The third kappa shape index (κ3) is 4.56. The van der Waals surface area contributed by atoms with E-state index in [1.165, 1.54) is 12.0 Å². The fourth-order valence-electron chi connectivity index (χ4n) is 2.95. The molecule has 0 spiro atoms. The van der Waals surface area contributed by atoms with E-state index in [0.29, 0.717) is 6.54 Å². The highest BCUT2D eigenvalue weighted by Gasteiger charge is 2.29. The van der Waals surface area contributed by atoms with Gasteiger partial charge in [-0.15, -0.1) is 0 Å². The van der Waals surface area contributed by atoms with Gasteiger partial charge in [0.15, 0.2) is 6.54 Å². The van der Waals surface area contributed by atoms with Gasteiger partial charge in [-0.2, -0.15) is 0 Å². The third-order valence-corrected chi connectivity index (χ3v) is 4.31. The van der Waals surface area contributed by atoms with E-state index in [-0.39, 0.29) is 23.8 Å². The van der Waals surface area contributed by atoms with E-state index in [0.717, 1.165) is 31.5 Å². The molecule has 1 saturated heterocycles. The quantitative estimate of drug-likeness (QED) is 0.771. The summed E-state index contributed by atoms with van der Waals surface area (Å²) < 4.78 is 4.78. The van der Waals surface area contributed by atoms with Crippen molar-refractivity contribution in [2.45, 2.75) is 25.8 Å². The lowest BCUT2D eigenvalue weighted by Gasteiger charge is -2.27. The molecule has 0 unspecified atom stereocenters. The van der Waals surface area contributed by atoms with Crippen molar-refractivity contribution >= 4 is 11.9 Å². The van der Waals surface area contributed by atoms with E-state index in [1.54, 1.807) is 0 Å². The van der Waals surface area contributed by atoms with Crippen LogP contribution >= 0.6 is 0 Å². The van der Waals surface area contributed by atoms with Crippen LogP contribution in [0.1, 0.15) is 31.4 Å². The maximum absolute atomic E-state index is 12.1. The van der Waals surface area contributed by atoms with Crippen molar-refractivity contribution in [1.29, 1.82) is 0 Å². The molecule has 5 heteroatoms. The molecular formula is C17H25N2O3+. The number of ether oxygens (including phenoxy) is 1. The second-order valence-electron chi connectivity index (χ2n) is 5.92. The van der Waals surface area contributed by atoms with E-state index in [2.05, 4.69) is 5.32 Å². The van der Waals surface area contributed by atoms with Crippen LogP contribution in [-0.2, 0) is 14.3 Å². The van der Waals surface area contributed by atoms with E-state index >= 15 is 0 Å². The van der Waals surface area contributed by atoms with Crippen LogP contribution in [-0.4, -0.2) is 38.6 Å². The first-order chi connectivity index (χ1) is 10.6. The van der Waals surface area contributed by atoms with Crippen LogP contribution in [0.15, 0.2) is 30.3 Å². The average Bonchev–Trinajstić information content (AvgIpc) is 2.55. The number of amides is 1. The molecule has 1 atom stereocenters. The molecule has 1 amide bonds. The molecule has 120 valence electrons. The minimum absolute atomic E-state index is 0.0000496. The Hall–Kier alpha value is -1.88. The lowest BCUT2D eigenvalue weighted by Crippen LogP contribution is -3.14. The molecular weight excluding hydrogens is 280 g/mol. The van der Waals surface area contributed by atoms with Gasteiger partial charge in [-0.25, -0.2) is 0 Å². The molecule has 5 nitrogen and oxygen atoms in total. The second kappa shape index (κ2) is 7.94. The Labute approximate surface area is 131 Å². The van der Waals surface area contributed by atoms with E-state index < -0.39 is 0 Å². The van der Waals surface area contributed by atoms with Crippen molar-refractivity contribution < 1.29 is 19.2 Å². The zero-order chi connectivity index (χ0) is 15.9. The Morgan fingerprint density at radius 2 is 1.91 bits per heavy atom. The number of carbonyl (C=O) groups is 2. The summed E-state index contributed by atoms with van der Waals surface area (Å²) >= 11 is 0. The van der Waals surface area contributed by atoms with Crippen molar-refractivity contribution in [3.8, 4) is 0 Å². The van der Waals surface area contributed by atoms with Crippen molar-refractivity contribution in [2.75, 3.05) is 26.7 Å². The van der Waals surface area contributed by atoms with Gasteiger partial charge in [0, 0.05) is 12.8 Å². The van der Waals surface area contributed by atoms with Gasteiger partial charge in [-0.1, -0.05) is 30.3 Å². The average molecular weight is 305 g/mol. The van der Waals surface area contributed by atoms with Gasteiger partial charge < -0.3 is 15.0 Å². The van der Waals surface area contributed by atoms with Crippen molar-refractivity contribution in [3.05, 3.63) is 35.9 Å². The molecule has 2 N–H and O–H groups in total. The Kier molecular flexibility index (Phi) is 5.95. The maximum Gasteiger partial charge on any atom is 0.309 e. The normalized spacial score (nSPS) is 22.6. The number of hydrogen-bond donors (Lipinski definition) is 2. The predicted molar refractivity (Wildman–Crippen MR) is 83.3 cm³/mol. The summed E-state index contributed by atoms with van der Waals surface area (Å²) in [6.07, 6.45) is 1.59. The smallest absolute Gasteiger partial charge is 0.309 e. The predicted octanol–water partition coefficient (Wildman–Crippen LogP) is 0.332. The number of hydrogen-bond acceptors (Lipinski definition) is 3. The van der Waals surface area contributed by atoms with E-state index in [4.69, 9.17) is 4.74 Å². The van der Waals surface area contributed by atoms with Crippen LogP contribution in [0.3, 0.4) is 0 Å². The molecule has 2 rings (SSSR count). The number of nitrogens with one attached hydrogen (secondary N) is 2. The lowest BCUT2D eigenvalue weighted by atomic mass is 9.97. The number of likely N-dealkylation sites (tertiary alicyclic amines) is 1. The van der Waals surface area contributed by atoms with Crippen LogP contribution in [0.2, 0.25) is 0 Å². The number of quaternary nitrogens is 1. The van der Waals surface area contributed by atoms with Gasteiger partial charge in [0.1, 0.15) is 0 Å². The molecule has 0 radical (unpaired) electrons. The van der Waals surface area contributed by atoms with E-state index in [9.17, 15) is 9.59 Å². The molecule has 22 heavy (non-hydrogen) atoms. The van der Waals surface area contributed by atoms with Crippen molar-refractivity contribution in [2.24, 2.45) is 5.92 Å². The number of esters is 1. The van der Waals surface area contributed by atoms with Crippen LogP contribution in [0.25, 0.3) is 0 Å². The molecule has 1 aromatic rings. The number of rotatable bonds is 5. The zero-order valence-corrected chi connectivity index (χ0v) is 13.3. The number of carbonyl (C=O) groups excluding carboxylic acids is 2. The van der Waals surface area contributed by atoms with Gasteiger partial charge in [-0.3, -0.25) is 9.59 Å². The highest BCUT2D eigenvalue weighted by molar-refractivity contribution is 5.77. The first-order valence-electron chi connectivity index (χ1n) is 7.86. The second-order valence-corrected chi connectivity index (χ2v) is 5.92. The van der Waals surface area contributed by atoms with E-state index in [1.807, 2.05) is 37.3 Å². The summed E-state index contributed by atoms with van der Waals surface area (Å²) in [6.45, 7) is 4.14. The maximum atomic E-state index is 12.1. The summed E-state index contributed by atoms with van der Waals surface area (Å²) in [4.78, 5) is 24.9. The molecule has 0 saturated carbocycles. The van der Waals surface area contributed by atoms with Gasteiger partial charge in [0.05, 0.1) is 32.2 Å². The largest absolute Gasteiger partial charge is 0.469 e. The Balaban J connectivity index is 1.75. The lowest BCUT2D eigenvalue weighted by molar-refractivity contribution is -0.897. The summed E-state index contributed by atoms with van der Waals surface area (Å²) in [6, 6.07) is 9.95.